The maximum atomic E-state index is 5.91. The lowest BCUT2D eigenvalue weighted by Crippen LogP contribution is -2.40. The molecular formula is C13H16N6. The SMILES string of the molecule is NC1CCN(c2nccc(-c3cnccn3)n2)CC1. The lowest BCUT2D eigenvalue weighted by molar-refractivity contribution is 0.495. The van der Waals surface area contributed by atoms with Crippen LogP contribution in [-0.4, -0.2) is 39.1 Å². The van der Waals surface area contributed by atoms with Crippen LogP contribution in [0.15, 0.2) is 30.9 Å². The molecule has 6 nitrogen and oxygen atoms in total. The minimum atomic E-state index is 0.305. The third-order valence-corrected chi connectivity index (χ3v) is 3.29. The molecule has 19 heavy (non-hydrogen) atoms. The van der Waals surface area contributed by atoms with Crippen molar-refractivity contribution >= 4 is 5.95 Å². The molecule has 3 heterocycles. The van der Waals surface area contributed by atoms with Crippen LogP contribution in [0.4, 0.5) is 5.95 Å². The highest BCUT2D eigenvalue weighted by Gasteiger charge is 2.18. The van der Waals surface area contributed by atoms with Gasteiger partial charge >= 0.3 is 0 Å². The molecule has 2 aromatic heterocycles. The lowest BCUT2D eigenvalue weighted by atomic mass is 10.1. The zero-order chi connectivity index (χ0) is 13.1. The van der Waals surface area contributed by atoms with Crippen molar-refractivity contribution < 1.29 is 0 Å². The molecule has 2 aromatic rings. The summed E-state index contributed by atoms with van der Waals surface area (Å²) in [5.41, 5.74) is 7.47. The van der Waals surface area contributed by atoms with Gasteiger partial charge in [-0.1, -0.05) is 0 Å². The largest absolute Gasteiger partial charge is 0.341 e. The van der Waals surface area contributed by atoms with Crippen molar-refractivity contribution in [1.82, 2.24) is 19.9 Å². The molecule has 0 amide bonds. The van der Waals surface area contributed by atoms with Crippen molar-refractivity contribution in [3.8, 4) is 11.4 Å². The number of hydrogen-bond donors (Lipinski definition) is 1. The van der Waals surface area contributed by atoms with Crippen LogP contribution in [0.25, 0.3) is 11.4 Å². The third kappa shape index (κ3) is 2.68. The number of anilines is 1. The van der Waals surface area contributed by atoms with Gasteiger partial charge in [-0.25, -0.2) is 9.97 Å². The summed E-state index contributed by atoms with van der Waals surface area (Å²) in [6, 6.07) is 2.16. The zero-order valence-corrected chi connectivity index (χ0v) is 10.6. The zero-order valence-electron chi connectivity index (χ0n) is 10.6. The average Bonchev–Trinajstić information content (AvgIpc) is 2.49. The van der Waals surface area contributed by atoms with Crippen LogP contribution in [0.3, 0.4) is 0 Å². The van der Waals surface area contributed by atoms with Crippen LogP contribution in [0.1, 0.15) is 12.8 Å². The number of hydrogen-bond acceptors (Lipinski definition) is 6. The molecule has 0 aromatic carbocycles. The van der Waals surface area contributed by atoms with Gasteiger partial charge in [0.15, 0.2) is 0 Å². The van der Waals surface area contributed by atoms with E-state index in [4.69, 9.17) is 5.73 Å². The monoisotopic (exact) mass is 256 g/mol. The van der Waals surface area contributed by atoms with Crippen molar-refractivity contribution in [2.45, 2.75) is 18.9 Å². The highest BCUT2D eigenvalue weighted by Crippen LogP contribution is 2.18. The second-order valence-electron chi connectivity index (χ2n) is 4.66. The highest BCUT2D eigenvalue weighted by molar-refractivity contribution is 5.54. The number of nitrogens with zero attached hydrogens (tertiary/aromatic N) is 5. The summed E-state index contributed by atoms with van der Waals surface area (Å²) in [6.45, 7) is 1.82. The van der Waals surface area contributed by atoms with Crippen molar-refractivity contribution in [3.05, 3.63) is 30.9 Å². The predicted molar refractivity (Wildman–Crippen MR) is 72.5 cm³/mol. The van der Waals surface area contributed by atoms with E-state index in [2.05, 4.69) is 24.8 Å². The molecule has 0 aliphatic carbocycles. The molecular weight excluding hydrogens is 240 g/mol. The predicted octanol–water partition coefficient (Wildman–Crippen LogP) is 0.861. The van der Waals surface area contributed by atoms with Crippen molar-refractivity contribution in [1.29, 1.82) is 0 Å². The minimum absolute atomic E-state index is 0.305. The molecule has 1 saturated heterocycles. The smallest absolute Gasteiger partial charge is 0.225 e. The molecule has 1 fully saturated rings. The van der Waals surface area contributed by atoms with E-state index in [1.54, 1.807) is 24.8 Å². The van der Waals surface area contributed by atoms with E-state index in [-0.39, 0.29) is 0 Å². The molecule has 1 aliphatic rings. The Hall–Kier alpha value is -2.08. The first kappa shape index (κ1) is 12.0. The van der Waals surface area contributed by atoms with E-state index >= 15 is 0 Å². The molecule has 0 unspecified atom stereocenters. The van der Waals surface area contributed by atoms with E-state index in [0.29, 0.717) is 6.04 Å². The van der Waals surface area contributed by atoms with Crippen molar-refractivity contribution in [3.63, 3.8) is 0 Å². The fourth-order valence-electron chi connectivity index (χ4n) is 2.17. The second-order valence-corrected chi connectivity index (χ2v) is 4.66. The molecule has 1 aliphatic heterocycles. The molecule has 98 valence electrons. The third-order valence-electron chi connectivity index (χ3n) is 3.29. The van der Waals surface area contributed by atoms with Crippen LogP contribution < -0.4 is 10.6 Å². The quantitative estimate of drug-likeness (QED) is 0.858. The lowest BCUT2D eigenvalue weighted by Gasteiger charge is -2.30. The normalized spacial score (nSPS) is 16.6. The first-order valence-corrected chi connectivity index (χ1v) is 6.43. The first-order valence-electron chi connectivity index (χ1n) is 6.43. The van der Waals surface area contributed by atoms with Crippen LogP contribution in [0.2, 0.25) is 0 Å². The van der Waals surface area contributed by atoms with Gasteiger partial charge in [-0.3, -0.25) is 9.97 Å². The molecule has 0 bridgehead atoms. The van der Waals surface area contributed by atoms with Gasteiger partial charge in [0.2, 0.25) is 5.95 Å². The summed E-state index contributed by atoms with van der Waals surface area (Å²) in [7, 11) is 0. The molecule has 0 spiro atoms. The summed E-state index contributed by atoms with van der Waals surface area (Å²) in [5.74, 6) is 0.745. The summed E-state index contributed by atoms with van der Waals surface area (Å²) < 4.78 is 0. The topological polar surface area (TPSA) is 80.8 Å². The van der Waals surface area contributed by atoms with Gasteiger partial charge in [-0.15, -0.1) is 0 Å². The Balaban J connectivity index is 1.84. The van der Waals surface area contributed by atoms with Gasteiger partial charge in [0.05, 0.1) is 11.9 Å². The van der Waals surface area contributed by atoms with Gasteiger partial charge in [0.1, 0.15) is 5.69 Å². The number of aromatic nitrogens is 4. The molecule has 3 rings (SSSR count). The highest BCUT2D eigenvalue weighted by atomic mass is 15.3. The Kier molecular flexibility index (Phi) is 3.33. The van der Waals surface area contributed by atoms with E-state index in [0.717, 1.165) is 43.3 Å². The second kappa shape index (κ2) is 5.27. The summed E-state index contributed by atoms with van der Waals surface area (Å²) >= 11 is 0. The summed E-state index contributed by atoms with van der Waals surface area (Å²) in [5, 5.41) is 0. The molecule has 0 saturated carbocycles. The van der Waals surface area contributed by atoms with Gasteiger partial charge in [-0.05, 0) is 18.9 Å². The van der Waals surface area contributed by atoms with Gasteiger partial charge < -0.3 is 10.6 Å². The average molecular weight is 256 g/mol. The number of nitrogens with two attached hydrogens (primary N) is 1. The van der Waals surface area contributed by atoms with E-state index in [1.807, 2.05) is 6.07 Å². The Labute approximate surface area is 111 Å². The molecule has 0 atom stereocenters. The Morgan fingerprint density at radius 1 is 1.05 bits per heavy atom. The van der Waals surface area contributed by atoms with Gasteiger partial charge in [0, 0.05) is 37.7 Å². The first-order chi connectivity index (χ1) is 9.33. The maximum Gasteiger partial charge on any atom is 0.225 e. The van der Waals surface area contributed by atoms with Crippen LogP contribution in [0, 0.1) is 0 Å². The fourth-order valence-corrected chi connectivity index (χ4v) is 2.17. The molecule has 6 heteroatoms. The summed E-state index contributed by atoms with van der Waals surface area (Å²) in [6.07, 6.45) is 8.76. The Morgan fingerprint density at radius 3 is 2.63 bits per heavy atom. The minimum Gasteiger partial charge on any atom is -0.341 e. The van der Waals surface area contributed by atoms with E-state index in [9.17, 15) is 0 Å². The van der Waals surface area contributed by atoms with Crippen LogP contribution >= 0.6 is 0 Å². The van der Waals surface area contributed by atoms with Crippen molar-refractivity contribution in [2.75, 3.05) is 18.0 Å². The van der Waals surface area contributed by atoms with E-state index < -0.39 is 0 Å². The molecule has 0 radical (unpaired) electrons. The molecule has 2 N–H and O–H groups in total. The summed E-state index contributed by atoms with van der Waals surface area (Å²) in [4.78, 5) is 19.4. The maximum absolute atomic E-state index is 5.91. The Bertz CT molecular complexity index is 536. The van der Waals surface area contributed by atoms with Gasteiger partial charge in [-0.2, -0.15) is 0 Å². The van der Waals surface area contributed by atoms with Crippen LogP contribution in [-0.2, 0) is 0 Å². The fraction of sp³-hybridized carbons (Fsp3) is 0.385. The van der Waals surface area contributed by atoms with Gasteiger partial charge in [0.25, 0.3) is 0 Å². The van der Waals surface area contributed by atoms with Crippen molar-refractivity contribution in [2.24, 2.45) is 5.73 Å². The number of rotatable bonds is 2. The standard InChI is InChI=1S/C13H16N6/c14-10-2-7-19(8-3-10)13-17-4-1-11(18-13)12-9-15-5-6-16-12/h1,4-6,9-10H,2-3,7-8,14H2. The Morgan fingerprint density at radius 2 is 1.89 bits per heavy atom. The van der Waals surface area contributed by atoms with E-state index in [1.165, 1.54) is 0 Å². The van der Waals surface area contributed by atoms with Crippen LogP contribution in [0.5, 0.6) is 0 Å². The number of piperidine rings is 1.